The van der Waals surface area contributed by atoms with E-state index in [0.717, 1.165) is 52.1 Å². The van der Waals surface area contributed by atoms with Crippen molar-refractivity contribution in [3.05, 3.63) is 53.9 Å². The van der Waals surface area contributed by atoms with Crippen molar-refractivity contribution in [2.45, 2.75) is 39.2 Å². The fourth-order valence-corrected chi connectivity index (χ4v) is 5.06. The van der Waals surface area contributed by atoms with Crippen LogP contribution < -0.4 is 10.2 Å². The number of aromatic nitrogens is 2. The van der Waals surface area contributed by atoms with Crippen LogP contribution in [0.2, 0.25) is 0 Å². The number of nitrogens with zero attached hydrogens (tertiary/aromatic N) is 5. The Balaban J connectivity index is 1.15. The number of piperidine rings is 2. The molecule has 2 aromatic rings. The summed E-state index contributed by atoms with van der Waals surface area (Å²) in [6.07, 6.45) is 7.39. The van der Waals surface area contributed by atoms with Gasteiger partial charge in [0.1, 0.15) is 6.07 Å². The third kappa shape index (κ3) is 6.29. The van der Waals surface area contributed by atoms with Gasteiger partial charge in [-0.2, -0.15) is 5.26 Å². The predicted octanol–water partition coefficient (Wildman–Crippen LogP) is 3.23. The summed E-state index contributed by atoms with van der Waals surface area (Å²) >= 11 is 0. The maximum absolute atomic E-state index is 12.8. The smallest absolute Gasteiger partial charge is 0.225 e. The molecule has 7 nitrogen and oxygen atoms in total. The number of hydrogen-bond acceptors (Lipinski definition) is 6. The van der Waals surface area contributed by atoms with Gasteiger partial charge in [-0.3, -0.25) is 9.69 Å². The van der Waals surface area contributed by atoms with E-state index in [-0.39, 0.29) is 17.7 Å². The lowest BCUT2D eigenvalue weighted by molar-refractivity contribution is -0.127. The Kier molecular flexibility index (Phi) is 7.90. The molecule has 7 heteroatoms. The van der Waals surface area contributed by atoms with Crippen LogP contribution in [0.3, 0.4) is 0 Å². The SMILES string of the molecule is C[C@H]1CN(c2ncc(C#N)cn2)CCC1C(=O)NCCC1CCN(Cc2ccccc2)CC1. The summed E-state index contributed by atoms with van der Waals surface area (Å²) in [5, 5.41) is 12.1. The Morgan fingerprint density at radius 3 is 2.52 bits per heavy atom. The quantitative estimate of drug-likeness (QED) is 0.703. The van der Waals surface area contributed by atoms with Crippen LogP contribution in [-0.2, 0) is 11.3 Å². The van der Waals surface area contributed by atoms with E-state index in [1.54, 1.807) is 12.4 Å². The molecule has 1 N–H and O–H groups in total. The van der Waals surface area contributed by atoms with Gasteiger partial charge in [0.05, 0.1) is 18.0 Å². The fourth-order valence-electron chi connectivity index (χ4n) is 5.06. The number of hydrogen-bond donors (Lipinski definition) is 1. The van der Waals surface area contributed by atoms with Gasteiger partial charge in [-0.15, -0.1) is 0 Å². The Labute approximate surface area is 196 Å². The van der Waals surface area contributed by atoms with Crippen LogP contribution in [0.5, 0.6) is 0 Å². The highest BCUT2D eigenvalue weighted by atomic mass is 16.1. The molecule has 0 aliphatic carbocycles. The average molecular weight is 447 g/mol. The van der Waals surface area contributed by atoms with Gasteiger partial charge >= 0.3 is 0 Å². The summed E-state index contributed by atoms with van der Waals surface area (Å²) in [6.45, 7) is 7.73. The van der Waals surface area contributed by atoms with E-state index in [4.69, 9.17) is 5.26 Å². The second kappa shape index (κ2) is 11.2. The Bertz CT molecular complexity index is 934. The number of amides is 1. The normalized spacial score (nSPS) is 22.0. The average Bonchev–Trinajstić information content (AvgIpc) is 2.85. The molecule has 2 aliphatic heterocycles. The lowest BCUT2D eigenvalue weighted by Gasteiger charge is -2.36. The van der Waals surface area contributed by atoms with Crippen molar-refractivity contribution in [2.75, 3.05) is 37.6 Å². The Hall–Kier alpha value is -2.98. The van der Waals surface area contributed by atoms with Gasteiger partial charge in [0, 0.05) is 32.1 Å². The molecule has 0 saturated carbocycles. The topological polar surface area (TPSA) is 85.1 Å². The van der Waals surface area contributed by atoms with E-state index >= 15 is 0 Å². The molecule has 33 heavy (non-hydrogen) atoms. The molecule has 2 saturated heterocycles. The van der Waals surface area contributed by atoms with E-state index in [1.807, 2.05) is 6.07 Å². The molecule has 0 bridgehead atoms. The van der Waals surface area contributed by atoms with Gasteiger partial charge in [-0.05, 0) is 56.2 Å². The molecular formula is C26H34N6O. The third-order valence-corrected chi connectivity index (χ3v) is 7.10. The molecule has 2 atom stereocenters. The number of likely N-dealkylation sites (tertiary alicyclic amines) is 1. The maximum Gasteiger partial charge on any atom is 0.225 e. The molecule has 1 unspecified atom stereocenters. The molecule has 1 aromatic carbocycles. The monoisotopic (exact) mass is 446 g/mol. The van der Waals surface area contributed by atoms with E-state index < -0.39 is 0 Å². The minimum Gasteiger partial charge on any atom is -0.356 e. The van der Waals surface area contributed by atoms with E-state index in [2.05, 4.69) is 62.3 Å². The fraction of sp³-hybridized carbons (Fsp3) is 0.538. The first-order valence-electron chi connectivity index (χ1n) is 12.1. The van der Waals surface area contributed by atoms with Crippen LogP contribution >= 0.6 is 0 Å². The molecule has 3 heterocycles. The first-order chi connectivity index (χ1) is 16.1. The standard InChI is InChI=1S/C26H34N6O/c1-20-18-32(26-29-16-23(15-27)17-30-26)14-10-24(20)25(33)28-11-7-21-8-12-31(13-9-21)19-22-5-3-2-4-6-22/h2-6,16-17,20-21,24H,7-14,18-19H2,1H3,(H,28,33)/t20-,24?/m0/s1. The summed E-state index contributed by atoms with van der Waals surface area (Å²) in [7, 11) is 0. The highest BCUT2D eigenvalue weighted by Gasteiger charge is 2.32. The van der Waals surface area contributed by atoms with E-state index in [1.165, 1.54) is 18.4 Å². The maximum atomic E-state index is 12.8. The van der Waals surface area contributed by atoms with Crippen LogP contribution in [0.15, 0.2) is 42.7 Å². The molecule has 1 amide bonds. The summed E-state index contributed by atoms with van der Waals surface area (Å²) in [5.41, 5.74) is 1.84. The Morgan fingerprint density at radius 2 is 1.85 bits per heavy atom. The lowest BCUT2D eigenvalue weighted by atomic mass is 9.86. The van der Waals surface area contributed by atoms with Crippen molar-refractivity contribution >= 4 is 11.9 Å². The van der Waals surface area contributed by atoms with Crippen LogP contribution in [0.4, 0.5) is 5.95 Å². The zero-order valence-electron chi connectivity index (χ0n) is 19.5. The molecular weight excluding hydrogens is 412 g/mol. The van der Waals surface area contributed by atoms with Crippen molar-refractivity contribution in [3.63, 3.8) is 0 Å². The number of rotatable bonds is 7. The van der Waals surface area contributed by atoms with E-state index in [9.17, 15) is 4.79 Å². The molecule has 2 aliphatic rings. The third-order valence-electron chi connectivity index (χ3n) is 7.10. The van der Waals surface area contributed by atoms with Crippen molar-refractivity contribution in [1.82, 2.24) is 20.2 Å². The highest BCUT2D eigenvalue weighted by molar-refractivity contribution is 5.79. The van der Waals surface area contributed by atoms with Crippen molar-refractivity contribution in [3.8, 4) is 6.07 Å². The number of nitrogens with one attached hydrogen (secondary N) is 1. The minimum absolute atomic E-state index is 0.0346. The summed E-state index contributed by atoms with van der Waals surface area (Å²) in [4.78, 5) is 26.1. The second-order valence-corrected chi connectivity index (χ2v) is 9.49. The van der Waals surface area contributed by atoms with Crippen LogP contribution in [0.25, 0.3) is 0 Å². The largest absolute Gasteiger partial charge is 0.356 e. The first kappa shape index (κ1) is 23.2. The summed E-state index contributed by atoms with van der Waals surface area (Å²) in [6, 6.07) is 12.7. The summed E-state index contributed by atoms with van der Waals surface area (Å²) < 4.78 is 0. The van der Waals surface area contributed by atoms with Crippen molar-refractivity contribution in [1.29, 1.82) is 5.26 Å². The minimum atomic E-state index is 0.0346. The number of carbonyl (C=O) groups is 1. The van der Waals surface area contributed by atoms with E-state index in [0.29, 0.717) is 17.4 Å². The van der Waals surface area contributed by atoms with Crippen molar-refractivity contribution < 1.29 is 4.79 Å². The van der Waals surface area contributed by atoms with Gasteiger partial charge in [0.25, 0.3) is 0 Å². The number of anilines is 1. The number of carbonyl (C=O) groups excluding carboxylic acids is 1. The first-order valence-corrected chi connectivity index (χ1v) is 12.1. The van der Waals surface area contributed by atoms with Crippen molar-refractivity contribution in [2.24, 2.45) is 17.8 Å². The molecule has 2 fully saturated rings. The van der Waals surface area contributed by atoms with Crippen LogP contribution in [0, 0.1) is 29.1 Å². The lowest BCUT2D eigenvalue weighted by Crippen LogP contribution is -2.46. The van der Waals surface area contributed by atoms with Gasteiger partial charge in [0.15, 0.2) is 0 Å². The van der Waals surface area contributed by atoms with Crippen LogP contribution in [-0.4, -0.2) is 53.5 Å². The predicted molar refractivity (Wildman–Crippen MR) is 128 cm³/mol. The highest BCUT2D eigenvalue weighted by Crippen LogP contribution is 2.26. The molecule has 1 aromatic heterocycles. The zero-order valence-corrected chi connectivity index (χ0v) is 19.5. The zero-order chi connectivity index (χ0) is 23.0. The van der Waals surface area contributed by atoms with Gasteiger partial charge in [0.2, 0.25) is 11.9 Å². The number of benzene rings is 1. The molecule has 0 spiro atoms. The van der Waals surface area contributed by atoms with Gasteiger partial charge in [-0.1, -0.05) is 37.3 Å². The molecule has 174 valence electrons. The van der Waals surface area contributed by atoms with Gasteiger partial charge < -0.3 is 10.2 Å². The second-order valence-electron chi connectivity index (χ2n) is 9.49. The Morgan fingerprint density at radius 1 is 1.12 bits per heavy atom. The van der Waals surface area contributed by atoms with Crippen LogP contribution in [0.1, 0.15) is 43.7 Å². The number of nitriles is 1. The molecule has 0 radical (unpaired) electrons. The summed E-state index contributed by atoms with van der Waals surface area (Å²) in [5.74, 6) is 1.79. The molecule has 4 rings (SSSR count). The van der Waals surface area contributed by atoms with Gasteiger partial charge in [-0.25, -0.2) is 9.97 Å².